The van der Waals surface area contributed by atoms with E-state index in [-0.39, 0.29) is 18.3 Å². The maximum absolute atomic E-state index is 13.1. The molecule has 0 aliphatic heterocycles. The van der Waals surface area contributed by atoms with E-state index in [2.05, 4.69) is 0 Å². The molecule has 1 aromatic heterocycles. The first-order valence-corrected chi connectivity index (χ1v) is 11.3. The van der Waals surface area contributed by atoms with E-state index in [9.17, 15) is 18.0 Å². The van der Waals surface area contributed by atoms with Gasteiger partial charge < -0.3 is 5.11 Å². The van der Waals surface area contributed by atoms with Crippen molar-refractivity contribution < 1.29 is 23.1 Å². The lowest BCUT2D eigenvalue weighted by Crippen LogP contribution is -2.04. The number of alkyl halides is 3. The number of fused-ring (bicyclic) bond motifs is 1. The fraction of sp³-hybridized carbons (Fsp3) is 0.400. The minimum atomic E-state index is -4.37. The Hall–Kier alpha value is -2.18. The second kappa shape index (κ2) is 9.53. The van der Waals surface area contributed by atoms with Gasteiger partial charge in [-0.15, -0.1) is 11.3 Å². The summed E-state index contributed by atoms with van der Waals surface area (Å²) in [6.45, 7) is 6.15. The molecule has 166 valence electrons. The molecule has 0 bridgehead atoms. The SMILES string of the molecule is Cc1cc(C(=O)CCc2sc3cc(C(F)(F)F)ccc3c2C(C)C)ccc1CCCO. The van der Waals surface area contributed by atoms with E-state index in [1.165, 1.54) is 17.4 Å². The second-order valence-corrected chi connectivity index (χ2v) is 9.33. The molecule has 0 saturated heterocycles. The summed E-state index contributed by atoms with van der Waals surface area (Å²) < 4.78 is 39.9. The summed E-state index contributed by atoms with van der Waals surface area (Å²) in [7, 11) is 0. The van der Waals surface area contributed by atoms with Crippen molar-refractivity contribution in [1.29, 1.82) is 0 Å². The minimum Gasteiger partial charge on any atom is -0.396 e. The molecule has 2 nitrogen and oxygen atoms in total. The van der Waals surface area contributed by atoms with E-state index < -0.39 is 11.7 Å². The quantitative estimate of drug-likeness (QED) is 0.374. The monoisotopic (exact) mass is 448 g/mol. The van der Waals surface area contributed by atoms with Crippen LogP contribution in [-0.4, -0.2) is 17.5 Å². The predicted molar refractivity (Wildman–Crippen MR) is 120 cm³/mol. The topological polar surface area (TPSA) is 37.3 Å². The van der Waals surface area contributed by atoms with Crippen LogP contribution in [0.3, 0.4) is 0 Å². The van der Waals surface area contributed by atoms with Crippen molar-refractivity contribution in [3.8, 4) is 0 Å². The van der Waals surface area contributed by atoms with Crippen LogP contribution >= 0.6 is 11.3 Å². The van der Waals surface area contributed by atoms with Crippen LogP contribution < -0.4 is 0 Å². The summed E-state index contributed by atoms with van der Waals surface area (Å²) >= 11 is 1.36. The van der Waals surface area contributed by atoms with Crippen LogP contribution in [0.1, 0.15) is 70.1 Å². The zero-order valence-electron chi connectivity index (χ0n) is 18.0. The van der Waals surface area contributed by atoms with Gasteiger partial charge >= 0.3 is 6.18 Å². The van der Waals surface area contributed by atoms with Crippen LogP contribution in [0.5, 0.6) is 0 Å². The number of aryl methyl sites for hydroxylation is 3. The summed E-state index contributed by atoms with van der Waals surface area (Å²) in [5, 5.41) is 9.85. The van der Waals surface area contributed by atoms with Crippen LogP contribution in [0.2, 0.25) is 0 Å². The number of ketones is 1. The fourth-order valence-corrected chi connectivity index (χ4v) is 5.35. The summed E-state index contributed by atoms with van der Waals surface area (Å²) in [6.07, 6.45) is -2.08. The van der Waals surface area contributed by atoms with Gasteiger partial charge in [0.1, 0.15) is 0 Å². The van der Waals surface area contributed by atoms with Crippen molar-refractivity contribution in [1.82, 2.24) is 0 Å². The van der Waals surface area contributed by atoms with Crippen LogP contribution in [-0.2, 0) is 19.0 Å². The van der Waals surface area contributed by atoms with E-state index in [4.69, 9.17) is 5.11 Å². The van der Waals surface area contributed by atoms with Gasteiger partial charge in [-0.25, -0.2) is 0 Å². The van der Waals surface area contributed by atoms with Gasteiger partial charge in [-0.2, -0.15) is 13.2 Å². The lowest BCUT2D eigenvalue weighted by Gasteiger charge is -2.10. The van der Waals surface area contributed by atoms with Crippen molar-refractivity contribution in [2.24, 2.45) is 0 Å². The highest BCUT2D eigenvalue weighted by atomic mass is 32.1. The number of benzene rings is 2. The number of carbonyl (C=O) groups is 1. The van der Waals surface area contributed by atoms with E-state index in [0.29, 0.717) is 29.5 Å². The molecular formula is C25H27F3O2S. The van der Waals surface area contributed by atoms with Crippen LogP contribution in [0.15, 0.2) is 36.4 Å². The summed E-state index contributed by atoms with van der Waals surface area (Å²) in [5.74, 6) is 0.184. The Balaban J connectivity index is 1.82. The third-order valence-corrected chi connectivity index (χ3v) is 6.79. The lowest BCUT2D eigenvalue weighted by atomic mass is 9.95. The summed E-state index contributed by atoms with van der Waals surface area (Å²) in [6, 6.07) is 9.56. The van der Waals surface area contributed by atoms with E-state index >= 15 is 0 Å². The Labute approximate surface area is 184 Å². The Morgan fingerprint density at radius 2 is 1.84 bits per heavy atom. The second-order valence-electron chi connectivity index (χ2n) is 8.19. The van der Waals surface area contributed by atoms with Crippen molar-refractivity contribution in [3.63, 3.8) is 0 Å². The Bertz CT molecular complexity index is 1080. The summed E-state index contributed by atoms with van der Waals surface area (Å²) in [5.41, 5.74) is 3.20. The molecule has 3 aromatic rings. The highest BCUT2D eigenvalue weighted by Crippen LogP contribution is 2.40. The highest BCUT2D eigenvalue weighted by molar-refractivity contribution is 7.19. The number of Topliss-reactive ketones (excluding diaryl/α,β-unsaturated/α-hetero) is 1. The number of hydrogen-bond acceptors (Lipinski definition) is 3. The molecule has 0 unspecified atom stereocenters. The molecule has 1 N–H and O–H groups in total. The van der Waals surface area contributed by atoms with E-state index in [1.807, 2.05) is 39.0 Å². The highest BCUT2D eigenvalue weighted by Gasteiger charge is 2.31. The molecule has 0 aliphatic rings. The number of halogens is 3. The maximum atomic E-state index is 13.1. The van der Waals surface area contributed by atoms with Gasteiger partial charge in [0.2, 0.25) is 0 Å². The van der Waals surface area contributed by atoms with E-state index in [0.717, 1.165) is 39.4 Å². The van der Waals surface area contributed by atoms with Crippen LogP contribution in [0.25, 0.3) is 10.1 Å². The normalized spacial score (nSPS) is 12.1. The molecule has 0 radical (unpaired) electrons. The molecule has 0 fully saturated rings. The summed E-state index contributed by atoms with van der Waals surface area (Å²) in [4.78, 5) is 13.8. The minimum absolute atomic E-state index is 0.0277. The van der Waals surface area contributed by atoms with Gasteiger partial charge in [0, 0.05) is 28.2 Å². The van der Waals surface area contributed by atoms with Gasteiger partial charge in [-0.3, -0.25) is 4.79 Å². The third-order valence-electron chi connectivity index (χ3n) is 5.56. The van der Waals surface area contributed by atoms with Gasteiger partial charge in [0.25, 0.3) is 0 Å². The molecule has 0 amide bonds. The third kappa shape index (κ3) is 5.36. The Morgan fingerprint density at radius 3 is 2.45 bits per heavy atom. The molecule has 1 heterocycles. The average molecular weight is 449 g/mol. The smallest absolute Gasteiger partial charge is 0.396 e. The standard InChI is InChI=1S/C25H27F3O2S/c1-15(2)24-20-9-8-19(25(26,27)28)14-23(20)31-22(24)11-10-21(30)18-7-6-17(5-4-12-29)16(3)13-18/h6-9,13-15,29H,4-5,10-12H2,1-3H3. The first-order valence-electron chi connectivity index (χ1n) is 10.5. The zero-order chi connectivity index (χ0) is 22.8. The average Bonchev–Trinajstić information content (AvgIpc) is 3.08. The molecule has 3 rings (SSSR count). The molecule has 0 saturated carbocycles. The largest absolute Gasteiger partial charge is 0.416 e. The molecule has 2 aromatic carbocycles. The molecule has 31 heavy (non-hydrogen) atoms. The number of aliphatic hydroxyl groups is 1. The number of rotatable bonds is 8. The van der Waals surface area contributed by atoms with Crippen LogP contribution in [0, 0.1) is 6.92 Å². The van der Waals surface area contributed by atoms with Crippen molar-refractivity contribution in [2.75, 3.05) is 6.61 Å². The molecule has 6 heteroatoms. The van der Waals surface area contributed by atoms with Gasteiger partial charge in [-0.1, -0.05) is 32.0 Å². The first-order chi connectivity index (χ1) is 14.6. The predicted octanol–water partition coefficient (Wildman–Crippen LogP) is 7.09. The van der Waals surface area contributed by atoms with Gasteiger partial charge in [0.15, 0.2) is 5.78 Å². The zero-order valence-corrected chi connectivity index (χ0v) is 18.8. The molecule has 0 spiro atoms. The van der Waals surface area contributed by atoms with Crippen molar-refractivity contribution in [2.45, 2.75) is 58.5 Å². The Kier molecular flexibility index (Phi) is 7.22. The van der Waals surface area contributed by atoms with E-state index in [1.54, 1.807) is 6.07 Å². The lowest BCUT2D eigenvalue weighted by molar-refractivity contribution is -0.137. The maximum Gasteiger partial charge on any atom is 0.416 e. The first kappa shape index (κ1) is 23.5. The van der Waals surface area contributed by atoms with Crippen molar-refractivity contribution >= 4 is 27.2 Å². The molecular weight excluding hydrogens is 421 g/mol. The number of hydrogen-bond donors (Lipinski definition) is 1. The van der Waals surface area contributed by atoms with Gasteiger partial charge in [0.05, 0.1) is 5.56 Å². The fourth-order valence-electron chi connectivity index (χ4n) is 3.95. The molecule has 0 aliphatic carbocycles. The number of thiophene rings is 1. The number of aliphatic hydroxyl groups excluding tert-OH is 1. The molecule has 0 atom stereocenters. The van der Waals surface area contributed by atoms with Gasteiger partial charge in [-0.05, 0) is 72.4 Å². The number of carbonyl (C=O) groups excluding carboxylic acids is 1. The van der Waals surface area contributed by atoms with Crippen molar-refractivity contribution in [3.05, 3.63) is 69.1 Å². The van der Waals surface area contributed by atoms with Crippen LogP contribution in [0.4, 0.5) is 13.2 Å². The Morgan fingerprint density at radius 1 is 1.10 bits per heavy atom.